The third-order valence-electron chi connectivity index (χ3n) is 8.73. The van der Waals surface area contributed by atoms with Gasteiger partial charge in [-0.25, -0.2) is 9.59 Å². The molecule has 4 nitrogen and oxygen atoms in total. The summed E-state index contributed by atoms with van der Waals surface area (Å²) in [4.78, 5) is 26.9. The molecule has 4 heteroatoms. The van der Waals surface area contributed by atoms with Crippen LogP contribution in [0, 0.1) is 0 Å². The summed E-state index contributed by atoms with van der Waals surface area (Å²) >= 11 is 0. The van der Waals surface area contributed by atoms with E-state index in [1.807, 2.05) is 42.5 Å². The number of fused-ring (bicyclic) bond motifs is 4. The number of hydrogen-bond donors (Lipinski definition) is 0. The predicted molar refractivity (Wildman–Crippen MR) is 145 cm³/mol. The van der Waals surface area contributed by atoms with Crippen LogP contribution in [0.4, 0.5) is 0 Å². The Hall–Kier alpha value is -4.18. The maximum atomic E-state index is 13.5. The van der Waals surface area contributed by atoms with Gasteiger partial charge in [-0.3, -0.25) is 0 Å². The largest absolute Gasteiger partial charge is 0.454 e. The normalized spacial score (nSPS) is 25.7. The molecule has 1 fully saturated rings. The zero-order chi connectivity index (χ0) is 26.0. The van der Waals surface area contributed by atoms with E-state index >= 15 is 0 Å². The molecule has 0 saturated heterocycles. The average Bonchev–Trinajstić information content (AvgIpc) is 3.12. The first kappa shape index (κ1) is 23.0. The van der Waals surface area contributed by atoms with Gasteiger partial charge in [0.15, 0.2) is 0 Å². The van der Waals surface area contributed by atoms with E-state index in [1.165, 1.54) is 27.8 Å². The van der Waals surface area contributed by atoms with Gasteiger partial charge in [-0.2, -0.15) is 0 Å². The number of hydrogen-bond acceptors (Lipinski definition) is 4. The standard InChI is InChI=1S/C34H28O4/c1-20(2)23-17-11-19-26-27(23)29-31(38-33(36)22-14-7-4-8-15-22)30(37-32(35)21-12-5-3-6-13-21)28-24-16-9-10-18-25(24)34(26,28)29/h3-20,28-31H,1-2H3/t28?,29-,30?,31?,34-/m1/s1. The van der Waals surface area contributed by atoms with Gasteiger partial charge in [-0.1, -0.05) is 92.7 Å². The molecule has 5 atom stereocenters. The van der Waals surface area contributed by atoms with Crippen LogP contribution in [0.1, 0.15) is 80.1 Å². The lowest BCUT2D eigenvalue weighted by Gasteiger charge is -2.59. The summed E-state index contributed by atoms with van der Waals surface area (Å²) in [5.74, 6) is -0.651. The Balaban J connectivity index is 1.38. The number of ether oxygens (including phenoxy) is 2. The molecular formula is C34H28O4. The Bertz CT molecular complexity index is 1560. The SMILES string of the molecule is CC(C)c1cccc2c1[C@@H]1C(OC(=O)c3ccccc3)C(OC(=O)c3ccccc3)C3c4ccccc4[C@@]231. The Kier molecular flexibility index (Phi) is 5.09. The minimum Gasteiger partial charge on any atom is -0.454 e. The van der Waals surface area contributed by atoms with Gasteiger partial charge in [0.2, 0.25) is 0 Å². The number of carbonyl (C=O) groups is 2. The number of benzene rings is 4. The lowest BCUT2D eigenvalue weighted by atomic mass is 9.43. The van der Waals surface area contributed by atoms with Crippen LogP contribution in [0.3, 0.4) is 0 Å². The van der Waals surface area contributed by atoms with Crippen molar-refractivity contribution in [3.8, 4) is 0 Å². The Labute approximate surface area is 222 Å². The van der Waals surface area contributed by atoms with E-state index in [2.05, 4.69) is 50.2 Å². The van der Waals surface area contributed by atoms with Gasteiger partial charge in [0.25, 0.3) is 0 Å². The summed E-state index contributed by atoms with van der Waals surface area (Å²) in [5, 5.41) is 0. The second kappa shape index (κ2) is 8.42. The lowest BCUT2D eigenvalue weighted by molar-refractivity contribution is -0.0318. The van der Waals surface area contributed by atoms with Crippen molar-refractivity contribution in [2.45, 2.75) is 49.2 Å². The van der Waals surface area contributed by atoms with Gasteiger partial charge < -0.3 is 9.47 Å². The van der Waals surface area contributed by atoms with Gasteiger partial charge in [0.05, 0.1) is 11.1 Å². The minimum absolute atomic E-state index is 0.0835. The molecule has 1 saturated carbocycles. The second-order valence-electron chi connectivity index (χ2n) is 10.8. The molecule has 3 aliphatic carbocycles. The molecule has 7 rings (SSSR count). The maximum Gasteiger partial charge on any atom is 0.338 e. The molecule has 4 aromatic carbocycles. The van der Waals surface area contributed by atoms with E-state index in [1.54, 1.807) is 24.3 Å². The van der Waals surface area contributed by atoms with Crippen LogP contribution in [0.25, 0.3) is 0 Å². The van der Waals surface area contributed by atoms with Crippen molar-refractivity contribution in [3.05, 3.63) is 142 Å². The van der Waals surface area contributed by atoms with E-state index in [0.29, 0.717) is 17.0 Å². The highest BCUT2D eigenvalue weighted by Gasteiger charge is 2.76. The molecule has 1 spiro atoms. The zero-order valence-electron chi connectivity index (χ0n) is 21.3. The first-order valence-corrected chi connectivity index (χ1v) is 13.3. The van der Waals surface area contributed by atoms with Gasteiger partial charge in [0.1, 0.15) is 12.2 Å². The summed E-state index contributed by atoms with van der Waals surface area (Å²) in [6.07, 6.45) is -1.22. The fraction of sp³-hybridized carbons (Fsp3) is 0.235. The number of rotatable bonds is 5. The van der Waals surface area contributed by atoms with E-state index in [0.717, 1.165) is 0 Å². The third-order valence-corrected chi connectivity index (χ3v) is 8.73. The first-order chi connectivity index (χ1) is 18.5. The van der Waals surface area contributed by atoms with Gasteiger partial charge in [-0.05, 0) is 58.0 Å². The summed E-state index contributed by atoms with van der Waals surface area (Å²) in [6, 6.07) is 33.0. The van der Waals surface area contributed by atoms with Crippen LogP contribution < -0.4 is 0 Å². The van der Waals surface area contributed by atoms with Crippen LogP contribution in [-0.2, 0) is 14.9 Å². The lowest BCUT2D eigenvalue weighted by Crippen LogP contribution is -2.54. The van der Waals surface area contributed by atoms with Crippen LogP contribution >= 0.6 is 0 Å². The van der Waals surface area contributed by atoms with Crippen molar-refractivity contribution >= 4 is 11.9 Å². The smallest absolute Gasteiger partial charge is 0.338 e. The second-order valence-corrected chi connectivity index (χ2v) is 10.8. The minimum atomic E-state index is -0.611. The average molecular weight is 501 g/mol. The van der Waals surface area contributed by atoms with Crippen LogP contribution in [0.5, 0.6) is 0 Å². The molecule has 3 aliphatic rings. The van der Waals surface area contributed by atoms with Crippen molar-refractivity contribution in [3.63, 3.8) is 0 Å². The summed E-state index contributed by atoms with van der Waals surface area (Å²) in [6.45, 7) is 4.39. The monoisotopic (exact) mass is 500 g/mol. The molecule has 0 heterocycles. The van der Waals surface area contributed by atoms with Gasteiger partial charge >= 0.3 is 11.9 Å². The molecule has 3 unspecified atom stereocenters. The maximum absolute atomic E-state index is 13.5. The molecule has 4 aromatic rings. The first-order valence-electron chi connectivity index (χ1n) is 13.3. The Morgan fingerprint density at radius 2 is 1.16 bits per heavy atom. The third kappa shape index (κ3) is 2.97. The van der Waals surface area contributed by atoms with Crippen LogP contribution in [0.15, 0.2) is 103 Å². The van der Waals surface area contributed by atoms with Crippen LogP contribution in [-0.4, -0.2) is 24.1 Å². The number of esters is 2. The number of carbonyl (C=O) groups excluding carboxylic acids is 2. The summed E-state index contributed by atoms with van der Waals surface area (Å²) in [7, 11) is 0. The molecule has 0 bridgehead atoms. The fourth-order valence-electron chi connectivity index (χ4n) is 7.31. The summed E-state index contributed by atoms with van der Waals surface area (Å²) in [5.41, 5.74) is 6.84. The van der Waals surface area contributed by atoms with Crippen molar-refractivity contribution in [2.24, 2.45) is 0 Å². The molecule has 0 amide bonds. The quantitative estimate of drug-likeness (QED) is 0.284. The zero-order valence-corrected chi connectivity index (χ0v) is 21.3. The Morgan fingerprint density at radius 1 is 0.632 bits per heavy atom. The summed E-state index contributed by atoms with van der Waals surface area (Å²) < 4.78 is 12.7. The van der Waals surface area contributed by atoms with Crippen LogP contribution in [0.2, 0.25) is 0 Å². The predicted octanol–water partition coefficient (Wildman–Crippen LogP) is 6.76. The highest BCUT2D eigenvalue weighted by atomic mass is 16.6. The highest BCUT2D eigenvalue weighted by molar-refractivity contribution is 5.91. The van der Waals surface area contributed by atoms with E-state index < -0.39 is 24.1 Å². The van der Waals surface area contributed by atoms with Crippen molar-refractivity contribution in [2.75, 3.05) is 0 Å². The molecule has 188 valence electrons. The highest BCUT2D eigenvalue weighted by Crippen LogP contribution is 2.77. The van der Waals surface area contributed by atoms with Crippen molar-refractivity contribution in [1.29, 1.82) is 0 Å². The molecule has 0 N–H and O–H groups in total. The molecule has 0 aromatic heterocycles. The van der Waals surface area contributed by atoms with Crippen molar-refractivity contribution < 1.29 is 19.1 Å². The molecule has 0 aliphatic heterocycles. The molecular weight excluding hydrogens is 472 g/mol. The van der Waals surface area contributed by atoms with Gasteiger partial charge in [0, 0.05) is 17.3 Å². The van der Waals surface area contributed by atoms with E-state index in [4.69, 9.17) is 9.47 Å². The fourth-order valence-corrected chi connectivity index (χ4v) is 7.31. The van der Waals surface area contributed by atoms with E-state index in [9.17, 15) is 9.59 Å². The van der Waals surface area contributed by atoms with E-state index in [-0.39, 0.29) is 17.3 Å². The molecule has 38 heavy (non-hydrogen) atoms. The topological polar surface area (TPSA) is 52.6 Å². The Morgan fingerprint density at radius 3 is 1.76 bits per heavy atom. The molecule has 0 radical (unpaired) electrons. The van der Waals surface area contributed by atoms with Crippen molar-refractivity contribution in [1.82, 2.24) is 0 Å². The van der Waals surface area contributed by atoms with Gasteiger partial charge in [-0.15, -0.1) is 0 Å².